The summed E-state index contributed by atoms with van der Waals surface area (Å²) in [6.07, 6.45) is 8.84. The second-order valence-corrected chi connectivity index (χ2v) is 10.2. The molecule has 6 nitrogen and oxygen atoms in total. The SMILES string of the molecule is O=C(NCc1cccnc1)C1CN(C(=O)CCCc2nc3ccccc3s2)CC12CCC2. The Bertz CT molecular complexity index is 1080. The van der Waals surface area contributed by atoms with Crippen LogP contribution in [-0.4, -0.2) is 39.8 Å². The number of hydrogen-bond donors (Lipinski definition) is 1. The highest BCUT2D eigenvalue weighted by Crippen LogP contribution is 2.51. The van der Waals surface area contributed by atoms with Gasteiger partial charge in [0.25, 0.3) is 0 Å². The molecule has 2 fully saturated rings. The fourth-order valence-corrected chi connectivity index (χ4v) is 6.06. The number of hydrogen-bond acceptors (Lipinski definition) is 5. The number of nitrogens with zero attached hydrogens (tertiary/aromatic N) is 3. The molecule has 2 aromatic heterocycles. The van der Waals surface area contributed by atoms with E-state index < -0.39 is 0 Å². The zero-order valence-corrected chi connectivity index (χ0v) is 18.9. The smallest absolute Gasteiger partial charge is 0.225 e. The zero-order valence-electron chi connectivity index (χ0n) is 18.1. The standard InChI is InChI=1S/C25H28N4O2S/c30-23(10-3-9-22-28-20-7-1-2-8-21(20)32-22)29-16-19(25(17-29)11-5-12-25)24(31)27-15-18-6-4-13-26-14-18/h1-2,4,6-8,13-14,19H,3,5,9-12,15-17H2,(H,27,31). The van der Waals surface area contributed by atoms with Crippen LogP contribution in [0.2, 0.25) is 0 Å². The molecule has 1 saturated carbocycles. The Morgan fingerprint density at radius 1 is 1.19 bits per heavy atom. The lowest BCUT2D eigenvalue weighted by atomic mass is 9.62. The van der Waals surface area contributed by atoms with Gasteiger partial charge in [0.1, 0.15) is 0 Å². The Hall–Kier alpha value is -2.80. The summed E-state index contributed by atoms with van der Waals surface area (Å²) in [6, 6.07) is 12.0. The van der Waals surface area contributed by atoms with Crippen LogP contribution in [0, 0.1) is 11.3 Å². The number of carbonyl (C=O) groups is 2. The van der Waals surface area contributed by atoms with E-state index in [0.717, 1.165) is 54.7 Å². The second-order valence-electron chi connectivity index (χ2n) is 9.05. The normalized spacial score (nSPS) is 19.2. The number of carbonyl (C=O) groups excluding carboxylic acids is 2. The van der Waals surface area contributed by atoms with Gasteiger partial charge in [0, 0.05) is 43.9 Å². The molecule has 0 radical (unpaired) electrons. The van der Waals surface area contributed by atoms with Gasteiger partial charge in [-0.3, -0.25) is 14.6 Å². The van der Waals surface area contributed by atoms with Crippen LogP contribution in [0.4, 0.5) is 0 Å². The predicted octanol–water partition coefficient (Wildman–Crippen LogP) is 3.96. The lowest BCUT2D eigenvalue weighted by molar-refractivity contribution is -0.130. The molecule has 32 heavy (non-hydrogen) atoms. The highest BCUT2D eigenvalue weighted by molar-refractivity contribution is 7.18. The van der Waals surface area contributed by atoms with E-state index in [1.165, 1.54) is 4.70 Å². The van der Waals surface area contributed by atoms with Crippen LogP contribution >= 0.6 is 11.3 Å². The lowest BCUT2D eigenvalue weighted by Crippen LogP contribution is -2.45. The van der Waals surface area contributed by atoms with E-state index in [1.54, 1.807) is 23.7 Å². The van der Waals surface area contributed by atoms with Crippen molar-refractivity contribution in [2.75, 3.05) is 13.1 Å². The molecular formula is C25H28N4O2S. The maximum absolute atomic E-state index is 13.0. The molecule has 1 unspecified atom stereocenters. The minimum Gasteiger partial charge on any atom is -0.352 e. The molecule has 1 aromatic carbocycles. The fraction of sp³-hybridized carbons (Fsp3) is 0.440. The number of para-hydroxylation sites is 1. The Labute approximate surface area is 192 Å². The average Bonchev–Trinajstić information content (AvgIpc) is 3.40. The molecule has 1 N–H and O–H groups in total. The number of likely N-dealkylation sites (tertiary alicyclic amines) is 1. The van der Waals surface area contributed by atoms with Crippen molar-refractivity contribution in [3.63, 3.8) is 0 Å². The first-order chi connectivity index (χ1) is 15.6. The van der Waals surface area contributed by atoms with Crippen LogP contribution in [0.25, 0.3) is 10.2 Å². The van der Waals surface area contributed by atoms with Gasteiger partial charge in [-0.2, -0.15) is 0 Å². The van der Waals surface area contributed by atoms with Gasteiger partial charge in [0.05, 0.1) is 21.1 Å². The van der Waals surface area contributed by atoms with Gasteiger partial charge in [-0.25, -0.2) is 4.98 Å². The van der Waals surface area contributed by atoms with E-state index in [2.05, 4.69) is 21.4 Å². The van der Waals surface area contributed by atoms with Crippen molar-refractivity contribution in [3.8, 4) is 0 Å². The molecule has 1 aliphatic heterocycles. The van der Waals surface area contributed by atoms with Gasteiger partial charge in [-0.05, 0) is 49.4 Å². The molecule has 1 atom stereocenters. The van der Waals surface area contributed by atoms with Crippen molar-refractivity contribution in [2.45, 2.75) is 45.1 Å². The van der Waals surface area contributed by atoms with E-state index in [1.807, 2.05) is 35.2 Å². The first-order valence-corrected chi connectivity index (χ1v) is 12.2. The van der Waals surface area contributed by atoms with Gasteiger partial charge in [-0.15, -0.1) is 11.3 Å². The Morgan fingerprint density at radius 3 is 2.81 bits per heavy atom. The Balaban J connectivity index is 1.15. The molecule has 5 rings (SSSR count). The van der Waals surface area contributed by atoms with E-state index >= 15 is 0 Å². The van der Waals surface area contributed by atoms with Gasteiger partial charge in [0.2, 0.25) is 11.8 Å². The summed E-state index contributed by atoms with van der Waals surface area (Å²) >= 11 is 1.71. The molecule has 7 heteroatoms. The fourth-order valence-electron chi connectivity index (χ4n) is 5.05. The maximum atomic E-state index is 13.0. The molecule has 1 spiro atoms. The summed E-state index contributed by atoms with van der Waals surface area (Å²) in [7, 11) is 0. The van der Waals surface area contributed by atoms with E-state index in [9.17, 15) is 9.59 Å². The molecular weight excluding hydrogens is 420 g/mol. The summed E-state index contributed by atoms with van der Waals surface area (Å²) in [5, 5.41) is 4.16. The number of nitrogens with one attached hydrogen (secondary N) is 1. The van der Waals surface area contributed by atoms with Gasteiger partial charge in [0.15, 0.2) is 0 Å². The highest BCUT2D eigenvalue weighted by atomic mass is 32.1. The van der Waals surface area contributed by atoms with Crippen LogP contribution in [0.3, 0.4) is 0 Å². The number of benzene rings is 1. The minimum atomic E-state index is -0.110. The maximum Gasteiger partial charge on any atom is 0.225 e. The largest absolute Gasteiger partial charge is 0.352 e. The average molecular weight is 449 g/mol. The van der Waals surface area contributed by atoms with Crippen molar-refractivity contribution in [2.24, 2.45) is 11.3 Å². The number of thiazole rings is 1. The lowest BCUT2D eigenvalue weighted by Gasteiger charge is -2.41. The number of rotatable bonds is 7. The van der Waals surface area contributed by atoms with Crippen LogP contribution in [0.1, 0.15) is 42.7 Å². The van der Waals surface area contributed by atoms with Crippen LogP contribution < -0.4 is 5.32 Å². The third-order valence-corrected chi connectivity index (χ3v) is 8.07. The molecule has 3 heterocycles. The number of fused-ring (bicyclic) bond motifs is 1. The molecule has 3 aromatic rings. The van der Waals surface area contributed by atoms with Crippen LogP contribution in [0.15, 0.2) is 48.8 Å². The molecule has 0 bridgehead atoms. The van der Waals surface area contributed by atoms with Crippen LogP contribution in [0.5, 0.6) is 0 Å². The van der Waals surface area contributed by atoms with Crippen LogP contribution in [-0.2, 0) is 22.6 Å². The summed E-state index contributed by atoms with van der Waals surface area (Å²) in [5.74, 6) is 0.124. The summed E-state index contributed by atoms with van der Waals surface area (Å²) < 4.78 is 1.19. The third kappa shape index (κ3) is 4.26. The highest BCUT2D eigenvalue weighted by Gasteiger charge is 2.54. The molecule has 1 aliphatic carbocycles. The third-order valence-electron chi connectivity index (χ3n) is 6.98. The van der Waals surface area contributed by atoms with Crippen molar-refractivity contribution < 1.29 is 9.59 Å². The number of amides is 2. The predicted molar refractivity (Wildman–Crippen MR) is 125 cm³/mol. The van der Waals surface area contributed by atoms with Gasteiger partial charge in [-0.1, -0.05) is 24.6 Å². The van der Waals surface area contributed by atoms with Crippen molar-refractivity contribution in [1.82, 2.24) is 20.2 Å². The van der Waals surface area contributed by atoms with Gasteiger partial charge >= 0.3 is 0 Å². The topological polar surface area (TPSA) is 75.2 Å². The number of aromatic nitrogens is 2. The first-order valence-electron chi connectivity index (χ1n) is 11.4. The summed E-state index contributed by atoms with van der Waals surface area (Å²) in [6.45, 7) is 1.74. The van der Waals surface area contributed by atoms with Crippen molar-refractivity contribution in [1.29, 1.82) is 0 Å². The zero-order chi connectivity index (χ0) is 22.0. The molecule has 1 saturated heterocycles. The summed E-state index contributed by atoms with van der Waals surface area (Å²) in [5.41, 5.74) is 2.00. The first kappa shape index (κ1) is 21.1. The van der Waals surface area contributed by atoms with Crippen molar-refractivity contribution in [3.05, 3.63) is 59.4 Å². The number of pyridine rings is 1. The van der Waals surface area contributed by atoms with E-state index in [4.69, 9.17) is 0 Å². The monoisotopic (exact) mass is 448 g/mol. The Morgan fingerprint density at radius 2 is 2.06 bits per heavy atom. The van der Waals surface area contributed by atoms with E-state index in [0.29, 0.717) is 19.5 Å². The van der Waals surface area contributed by atoms with Crippen molar-refractivity contribution >= 4 is 33.4 Å². The van der Waals surface area contributed by atoms with Gasteiger partial charge < -0.3 is 10.2 Å². The minimum absolute atomic E-state index is 0.0261. The Kier molecular flexibility index (Phi) is 5.91. The van der Waals surface area contributed by atoms with E-state index in [-0.39, 0.29) is 23.1 Å². The number of aryl methyl sites for hydroxylation is 1. The molecule has 166 valence electrons. The quantitative estimate of drug-likeness (QED) is 0.594. The summed E-state index contributed by atoms with van der Waals surface area (Å²) in [4.78, 5) is 36.7. The second kappa shape index (κ2) is 8.98. The molecule has 2 amide bonds. The molecule has 2 aliphatic rings.